The zero-order chi connectivity index (χ0) is 22.5. The van der Waals surface area contributed by atoms with Crippen molar-refractivity contribution >= 4 is 39.9 Å². The van der Waals surface area contributed by atoms with E-state index in [4.69, 9.17) is 4.74 Å². The first-order valence-electron chi connectivity index (χ1n) is 10.6. The highest BCUT2D eigenvalue weighted by Gasteiger charge is 2.27. The Morgan fingerprint density at radius 2 is 1.72 bits per heavy atom. The molecular weight excluding hydrogens is 440 g/mol. The van der Waals surface area contributed by atoms with Crippen LogP contribution in [0.2, 0.25) is 0 Å². The van der Waals surface area contributed by atoms with Gasteiger partial charge >= 0.3 is 0 Å². The molecule has 0 radical (unpaired) electrons. The molecule has 166 valence electrons. The van der Waals surface area contributed by atoms with Crippen molar-refractivity contribution in [3.05, 3.63) is 71.3 Å². The van der Waals surface area contributed by atoms with Gasteiger partial charge in [-0.15, -0.1) is 23.1 Å². The Kier molecular flexibility index (Phi) is 7.29. The fraction of sp³-hybridized carbons (Fsp3) is 0.280. The normalized spacial score (nSPS) is 13.8. The summed E-state index contributed by atoms with van der Waals surface area (Å²) >= 11 is 2.95. The van der Waals surface area contributed by atoms with E-state index in [9.17, 15) is 9.59 Å². The van der Waals surface area contributed by atoms with Gasteiger partial charge in [0.2, 0.25) is 5.91 Å². The minimum absolute atomic E-state index is 0.0503. The van der Waals surface area contributed by atoms with Crippen LogP contribution in [0.25, 0.3) is 10.4 Å². The van der Waals surface area contributed by atoms with Gasteiger partial charge in [-0.1, -0.05) is 48.0 Å². The molecule has 2 heterocycles. The monoisotopic (exact) mass is 466 g/mol. The highest BCUT2D eigenvalue weighted by atomic mass is 32.2. The fourth-order valence-electron chi connectivity index (χ4n) is 3.59. The minimum Gasteiger partial charge on any atom is -0.378 e. The predicted octanol–water partition coefficient (Wildman–Crippen LogP) is 5.24. The van der Waals surface area contributed by atoms with Gasteiger partial charge in [0.15, 0.2) is 0 Å². The zero-order valence-corrected chi connectivity index (χ0v) is 19.9. The number of carbonyl (C=O) groups is 2. The summed E-state index contributed by atoms with van der Waals surface area (Å²) < 4.78 is 5.40. The van der Waals surface area contributed by atoms with Crippen LogP contribution in [-0.2, 0) is 9.53 Å². The van der Waals surface area contributed by atoms with Crippen LogP contribution < -0.4 is 5.32 Å². The van der Waals surface area contributed by atoms with Gasteiger partial charge in [-0.3, -0.25) is 9.59 Å². The molecule has 1 N–H and O–H groups in total. The van der Waals surface area contributed by atoms with E-state index in [1.54, 1.807) is 0 Å². The number of thiophene rings is 1. The van der Waals surface area contributed by atoms with Crippen LogP contribution in [0.4, 0.5) is 5.00 Å². The summed E-state index contributed by atoms with van der Waals surface area (Å²) in [7, 11) is 0. The Bertz CT molecular complexity index is 1090. The number of benzene rings is 2. The number of rotatable bonds is 6. The predicted molar refractivity (Wildman–Crippen MR) is 132 cm³/mol. The molecule has 5 nitrogen and oxygen atoms in total. The Labute approximate surface area is 196 Å². The van der Waals surface area contributed by atoms with Gasteiger partial charge < -0.3 is 15.0 Å². The number of carbonyl (C=O) groups excluding carboxylic acids is 2. The van der Waals surface area contributed by atoms with Crippen molar-refractivity contribution in [1.82, 2.24) is 4.90 Å². The third kappa shape index (κ3) is 5.23. The summed E-state index contributed by atoms with van der Waals surface area (Å²) in [5, 5.41) is 3.64. The maximum atomic E-state index is 13.4. The Balaban J connectivity index is 1.58. The standard InChI is InChI=1S/C25H26N2O3S2/c1-17-8-10-20(11-9-17)31-16-21(28)26-24-22(25(29)27-12-14-30-15-13-27)18(2)23(32-24)19-6-4-3-5-7-19/h3-11H,12-16H2,1-2H3,(H,26,28). The van der Waals surface area contributed by atoms with Crippen LogP contribution in [-0.4, -0.2) is 48.8 Å². The first-order valence-corrected chi connectivity index (χ1v) is 12.4. The molecule has 0 aliphatic carbocycles. The first kappa shape index (κ1) is 22.6. The van der Waals surface area contributed by atoms with Crippen LogP contribution >= 0.6 is 23.1 Å². The lowest BCUT2D eigenvalue weighted by Crippen LogP contribution is -2.41. The van der Waals surface area contributed by atoms with Crippen molar-refractivity contribution in [3.8, 4) is 10.4 Å². The van der Waals surface area contributed by atoms with Crippen molar-refractivity contribution in [2.45, 2.75) is 18.7 Å². The van der Waals surface area contributed by atoms with Crippen molar-refractivity contribution in [3.63, 3.8) is 0 Å². The van der Waals surface area contributed by atoms with Crippen molar-refractivity contribution in [2.24, 2.45) is 0 Å². The van der Waals surface area contributed by atoms with Crippen LogP contribution in [0.1, 0.15) is 21.5 Å². The highest BCUT2D eigenvalue weighted by molar-refractivity contribution is 8.00. The van der Waals surface area contributed by atoms with Gasteiger partial charge in [-0.05, 0) is 37.1 Å². The number of ether oxygens (including phenoxy) is 1. The van der Waals surface area contributed by atoms with Gasteiger partial charge in [-0.2, -0.15) is 0 Å². The third-order valence-electron chi connectivity index (χ3n) is 5.34. The molecule has 1 aliphatic rings. The number of hydrogen-bond donors (Lipinski definition) is 1. The summed E-state index contributed by atoms with van der Waals surface area (Å²) in [5.74, 6) is 0.115. The van der Waals surface area contributed by atoms with Crippen molar-refractivity contribution in [2.75, 3.05) is 37.4 Å². The highest BCUT2D eigenvalue weighted by Crippen LogP contribution is 2.40. The smallest absolute Gasteiger partial charge is 0.257 e. The Hall–Kier alpha value is -2.61. The number of nitrogens with zero attached hydrogens (tertiary/aromatic N) is 1. The lowest BCUT2D eigenvalue weighted by Gasteiger charge is -2.27. The van der Waals surface area contributed by atoms with Crippen molar-refractivity contribution in [1.29, 1.82) is 0 Å². The van der Waals surface area contributed by atoms with E-state index in [0.29, 0.717) is 36.9 Å². The molecule has 1 saturated heterocycles. The van der Waals surface area contributed by atoms with Gasteiger partial charge in [-0.25, -0.2) is 0 Å². The lowest BCUT2D eigenvalue weighted by atomic mass is 10.1. The second kappa shape index (κ2) is 10.3. The number of amides is 2. The largest absolute Gasteiger partial charge is 0.378 e. The van der Waals surface area contributed by atoms with Crippen LogP contribution in [0.5, 0.6) is 0 Å². The van der Waals surface area contributed by atoms with E-state index in [-0.39, 0.29) is 17.6 Å². The number of morpholine rings is 1. The Morgan fingerprint density at radius 1 is 1.03 bits per heavy atom. The van der Waals surface area contributed by atoms with Gasteiger partial charge in [0.05, 0.1) is 24.5 Å². The number of thioether (sulfide) groups is 1. The summed E-state index contributed by atoms with van der Waals surface area (Å²) in [6.45, 7) is 6.20. The topological polar surface area (TPSA) is 58.6 Å². The van der Waals surface area contributed by atoms with Gasteiger partial charge in [0, 0.05) is 22.9 Å². The second-order valence-corrected chi connectivity index (χ2v) is 9.75. The minimum atomic E-state index is -0.118. The van der Waals surface area contributed by atoms with Gasteiger partial charge in [0.1, 0.15) is 5.00 Å². The molecule has 32 heavy (non-hydrogen) atoms. The van der Waals surface area contributed by atoms with E-state index in [1.807, 2.05) is 73.3 Å². The molecule has 3 aromatic rings. The molecule has 0 spiro atoms. The average molecular weight is 467 g/mol. The third-order valence-corrected chi connectivity index (χ3v) is 7.61. The number of nitrogens with one attached hydrogen (secondary N) is 1. The molecule has 0 saturated carbocycles. The van der Waals surface area contributed by atoms with Crippen molar-refractivity contribution < 1.29 is 14.3 Å². The summed E-state index contributed by atoms with van der Waals surface area (Å²) in [4.78, 5) is 30.0. The van der Waals surface area contributed by atoms with E-state index in [1.165, 1.54) is 28.7 Å². The Morgan fingerprint density at radius 3 is 2.41 bits per heavy atom. The molecular formula is C25H26N2O3S2. The number of aryl methyl sites for hydroxylation is 1. The van der Waals surface area contributed by atoms with E-state index in [0.717, 1.165) is 20.9 Å². The number of anilines is 1. The van der Waals surface area contributed by atoms with Gasteiger partial charge in [0.25, 0.3) is 5.91 Å². The van der Waals surface area contributed by atoms with E-state index >= 15 is 0 Å². The molecule has 1 aliphatic heterocycles. The molecule has 4 rings (SSSR count). The maximum absolute atomic E-state index is 13.4. The summed E-state index contributed by atoms with van der Waals surface area (Å²) in [6, 6.07) is 18.1. The quantitative estimate of drug-likeness (QED) is 0.505. The lowest BCUT2D eigenvalue weighted by molar-refractivity contribution is -0.113. The SMILES string of the molecule is Cc1ccc(SCC(=O)Nc2sc(-c3ccccc3)c(C)c2C(=O)N2CCOCC2)cc1. The molecule has 0 atom stereocenters. The van der Waals surface area contributed by atoms with Crippen LogP contribution in [0, 0.1) is 13.8 Å². The zero-order valence-electron chi connectivity index (χ0n) is 18.2. The number of hydrogen-bond acceptors (Lipinski definition) is 5. The molecule has 2 aromatic carbocycles. The summed E-state index contributed by atoms with van der Waals surface area (Å²) in [6.07, 6.45) is 0. The molecule has 0 unspecified atom stereocenters. The van der Waals surface area contributed by atoms with E-state index in [2.05, 4.69) is 5.32 Å². The second-order valence-electron chi connectivity index (χ2n) is 7.68. The molecule has 2 amide bonds. The summed E-state index contributed by atoms with van der Waals surface area (Å²) in [5.41, 5.74) is 3.72. The van der Waals surface area contributed by atoms with Crippen LogP contribution in [0.15, 0.2) is 59.5 Å². The molecule has 1 fully saturated rings. The molecule has 1 aromatic heterocycles. The molecule has 0 bridgehead atoms. The first-order chi connectivity index (χ1) is 15.5. The van der Waals surface area contributed by atoms with E-state index < -0.39 is 0 Å². The van der Waals surface area contributed by atoms with Crippen LogP contribution in [0.3, 0.4) is 0 Å². The molecule has 7 heteroatoms. The average Bonchev–Trinajstić information content (AvgIpc) is 3.14. The fourth-order valence-corrected chi connectivity index (χ4v) is 5.51. The maximum Gasteiger partial charge on any atom is 0.257 e.